The second-order valence-corrected chi connectivity index (χ2v) is 6.12. The summed E-state index contributed by atoms with van der Waals surface area (Å²) < 4.78 is 0. The van der Waals surface area contributed by atoms with Crippen LogP contribution in [0.4, 0.5) is 11.5 Å². The first kappa shape index (κ1) is 17.6. The lowest BCUT2D eigenvalue weighted by atomic mass is 10.1. The maximum atomic E-state index is 12.3. The van der Waals surface area contributed by atoms with Crippen LogP contribution in [-0.4, -0.2) is 22.4 Å². The molecule has 132 valence electrons. The molecule has 0 spiro atoms. The van der Waals surface area contributed by atoms with Gasteiger partial charge in [0.2, 0.25) is 0 Å². The standard InChI is InChI=1S/C21H22N4O/c1-16-9-11-18(12-10-16)25-20-14-19(23-15-24-20)21(26)22-13-5-8-17-6-3-2-4-7-17/h2-4,6-7,9-12,14-15H,5,8,13H2,1H3,(H,22,26)(H,23,24,25). The number of rotatable bonds is 7. The molecule has 0 saturated heterocycles. The van der Waals surface area contributed by atoms with E-state index in [0.29, 0.717) is 18.1 Å². The molecule has 1 amide bonds. The molecule has 0 atom stereocenters. The molecule has 0 fully saturated rings. The lowest BCUT2D eigenvalue weighted by molar-refractivity contribution is 0.0948. The summed E-state index contributed by atoms with van der Waals surface area (Å²) in [5, 5.41) is 6.09. The monoisotopic (exact) mass is 346 g/mol. The molecule has 3 aromatic rings. The van der Waals surface area contributed by atoms with E-state index in [-0.39, 0.29) is 5.91 Å². The van der Waals surface area contributed by atoms with Crippen LogP contribution in [0.5, 0.6) is 0 Å². The highest BCUT2D eigenvalue weighted by molar-refractivity contribution is 5.92. The average Bonchev–Trinajstić information content (AvgIpc) is 2.68. The minimum atomic E-state index is -0.188. The maximum Gasteiger partial charge on any atom is 0.270 e. The number of aryl methyl sites for hydroxylation is 2. The lowest BCUT2D eigenvalue weighted by Crippen LogP contribution is -2.25. The third-order valence-corrected chi connectivity index (χ3v) is 3.99. The smallest absolute Gasteiger partial charge is 0.270 e. The molecule has 0 aliphatic heterocycles. The summed E-state index contributed by atoms with van der Waals surface area (Å²) in [6.07, 6.45) is 3.22. The van der Waals surface area contributed by atoms with E-state index in [1.165, 1.54) is 17.5 Å². The van der Waals surface area contributed by atoms with Gasteiger partial charge in [-0.2, -0.15) is 0 Å². The highest BCUT2D eigenvalue weighted by Crippen LogP contribution is 2.15. The molecule has 3 rings (SSSR count). The molecule has 1 heterocycles. The largest absolute Gasteiger partial charge is 0.351 e. The Bertz CT molecular complexity index is 847. The molecular formula is C21H22N4O. The van der Waals surface area contributed by atoms with E-state index < -0.39 is 0 Å². The number of nitrogens with one attached hydrogen (secondary N) is 2. The van der Waals surface area contributed by atoms with Crippen molar-refractivity contribution in [2.45, 2.75) is 19.8 Å². The summed E-state index contributed by atoms with van der Waals surface area (Å²) in [6.45, 7) is 2.65. The van der Waals surface area contributed by atoms with Gasteiger partial charge < -0.3 is 10.6 Å². The summed E-state index contributed by atoms with van der Waals surface area (Å²) in [5.74, 6) is 0.408. The first-order valence-electron chi connectivity index (χ1n) is 8.68. The molecular weight excluding hydrogens is 324 g/mol. The summed E-state index contributed by atoms with van der Waals surface area (Å²) in [5.41, 5.74) is 3.74. The van der Waals surface area contributed by atoms with Gasteiger partial charge in [0.25, 0.3) is 5.91 Å². The van der Waals surface area contributed by atoms with Crippen molar-refractivity contribution in [2.24, 2.45) is 0 Å². The zero-order valence-electron chi connectivity index (χ0n) is 14.8. The molecule has 0 unspecified atom stereocenters. The number of hydrogen-bond acceptors (Lipinski definition) is 4. The molecule has 0 saturated carbocycles. The van der Waals surface area contributed by atoms with E-state index in [0.717, 1.165) is 18.5 Å². The van der Waals surface area contributed by atoms with Crippen molar-refractivity contribution in [3.63, 3.8) is 0 Å². The van der Waals surface area contributed by atoms with Crippen LogP contribution >= 0.6 is 0 Å². The first-order valence-corrected chi connectivity index (χ1v) is 8.68. The third kappa shape index (κ3) is 5.14. The third-order valence-electron chi connectivity index (χ3n) is 3.99. The van der Waals surface area contributed by atoms with E-state index in [9.17, 15) is 4.79 Å². The van der Waals surface area contributed by atoms with Crippen LogP contribution in [0.25, 0.3) is 0 Å². The Kier molecular flexibility index (Phi) is 5.93. The molecule has 0 bridgehead atoms. The number of anilines is 2. The highest BCUT2D eigenvalue weighted by Gasteiger charge is 2.08. The maximum absolute atomic E-state index is 12.3. The van der Waals surface area contributed by atoms with E-state index in [1.54, 1.807) is 6.07 Å². The zero-order valence-corrected chi connectivity index (χ0v) is 14.8. The Morgan fingerprint density at radius 1 is 1.00 bits per heavy atom. The van der Waals surface area contributed by atoms with E-state index in [4.69, 9.17) is 0 Å². The molecule has 2 aromatic carbocycles. The number of hydrogen-bond donors (Lipinski definition) is 2. The van der Waals surface area contributed by atoms with Gasteiger partial charge in [0, 0.05) is 18.3 Å². The van der Waals surface area contributed by atoms with E-state index in [1.807, 2.05) is 49.4 Å². The quantitative estimate of drug-likeness (QED) is 0.637. The van der Waals surface area contributed by atoms with Crippen molar-refractivity contribution in [3.05, 3.63) is 83.8 Å². The summed E-state index contributed by atoms with van der Waals surface area (Å²) in [6, 6.07) is 19.9. The minimum absolute atomic E-state index is 0.188. The fourth-order valence-electron chi connectivity index (χ4n) is 2.56. The van der Waals surface area contributed by atoms with Crippen LogP contribution in [0.2, 0.25) is 0 Å². The average molecular weight is 346 g/mol. The Labute approximate surface area is 153 Å². The van der Waals surface area contributed by atoms with Gasteiger partial charge in [-0.15, -0.1) is 0 Å². The Hall–Kier alpha value is -3.21. The van der Waals surface area contributed by atoms with Gasteiger partial charge in [0.05, 0.1) is 0 Å². The predicted octanol–water partition coefficient (Wildman–Crippen LogP) is 3.89. The number of benzene rings is 2. The van der Waals surface area contributed by atoms with Crippen LogP contribution in [0.1, 0.15) is 28.0 Å². The summed E-state index contributed by atoms with van der Waals surface area (Å²) in [4.78, 5) is 20.5. The zero-order chi connectivity index (χ0) is 18.2. The number of nitrogens with zero attached hydrogens (tertiary/aromatic N) is 2. The number of carbonyl (C=O) groups excluding carboxylic acids is 1. The SMILES string of the molecule is Cc1ccc(Nc2cc(C(=O)NCCCc3ccccc3)ncn2)cc1. The number of aromatic nitrogens is 2. The van der Waals surface area contributed by atoms with Crippen molar-refractivity contribution in [1.29, 1.82) is 0 Å². The second kappa shape index (κ2) is 8.76. The van der Waals surface area contributed by atoms with Crippen LogP contribution in [0.3, 0.4) is 0 Å². The topological polar surface area (TPSA) is 66.9 Å². The van der Waals surface area contributed by atoms with Crippen molar-refractivity contribution < 1.29 is 4.79 Å². The van der Waals surface area contributed by atoms with Gasteiger partial charge in [0.1, 0.15) is 17.8 Å². The molecule has 5 heteroatoms. The van der Waals surface area contributed by atoms with Crippen LogP contribution in [0.15, 0.2) is 67.0 Å². The molecule has 0 aliphatic carbocycles. The fourth-order valence-corrected chi connectivity index (χ4v) is 2.56. The van der Waals surface area contributed by atoms with Gasteiger partial charge in [-0.05, 0) is 37.5 Å². The first-order chi connectivity index (χ1) is 12.7. The van der Waals surface area contributed by atoms with Crippen LogP contribution in [0, 0.1) is 6.92 Å². The van der Waals surface area contributed by atoms with Gasteiger partial charge in [-0.1, -0.05) is 48.0 Å². The summed E-state index contributed by atoms with van der Waals surface area (Å²) in [7, 11) is 0. The molecule has 0 radical (unpaired) electrons. The normalized spacial score (nSPS) is 10.3. The molecule has 5 nitrogen and oxygen atoms in total. The molecule has 2 N–H and O–H groups in total. The second-order valence-electron chi connectivity index (χ2n) is 6.12. The van der Waals surface area contributed by atoms with Crippen molar-refractivity contribution >= 4 is 17.4 Å². The van der Waals surface area contributed by atoms with Gasteiger partial charge in [0.15, 0.2) is 0 Å². The molecule has 0 aliphatic rings. The Balaban J connectivity index is 1.52. The minimum Gasteiger partial charge on any atom is -0.351 e. The highest BCUT2D eigenvalue weighted by atomic mass is 16.1. The van der Waals surface area contributed by atoms with Crippen LogP contribution in [-0.2, 0) is 6.42 Å². The lowest BCUT2D eigenvalue weighted by Gasteiger charge is -2.08. The number of carbonyl (C=O) groups is 1. The summed E-state index contributed by atoms with van der Waals surface area (Å²) >= 11 is 0. The molecule has 1 aromatic heterocycles. The van der Waals surface area contributed by atoms with Crippen molar-refractivity contribution in [1.82, 2.24) is 15.3 Å². The van der Waals surface area contributed by atoms with Gasteiger partial charge in [-0.25, -0.2) is 9.97 Å². The fraction of sp³-hybridized carbons (Fsp3) is 0.190. The molecule has 26 heavy (non-hydrogen) atoms. The van der Waals surface area contributed by atoms with Crippen molar-refractivity contribution in [3.8, 4) is 0 Å². The van der Waals surface area contributed by atoms with Crippen LogP contribution < -0.4 is 10.6 Å². The van der Waals surface area contributed by atoms with E-state index in [2.05, 4.69) is 32.7 Å². The Morgan fingerprint density at radius 3 is 2.54 bits per heavy atom. The van der Waals surface area contributed by atoms with Gasteiger partial charge in [-0.3, -0.25) is 4.79 Å². The number of amides is 1. The van der Waals surface area contributed by atoms with E-state index >= 15 is 0 Å². The Morgan fingerprint density at radius 2 is 1.77 bits per heavy atom. The van der Waals surface area contributed by atoms with Gasteiger partial charge >= 0.3 is 0 Å². The van der Waals surface area contributed by atoms with Crippen molar-refractivity contribution in [2.75, 3.05) is 11.9 Å². The predicted molar refractivity (Wildman–Crippen MR) is 104 cm³/mol.